The van der Waals surface area contributed by atoms with Crippen molar-refractivity contribution < 1.29 is 24.5 Å². The monoisotopic (exact) mass is 770 g/mol. The first-order valence-corrected chi connectivity index (χ1v) is 14.7. The average Bonchev–Trinajstić information content (AvgIpc) is 3.57. The Balaban J connectivity index is 0.000000241. The van der Waals surface area contributed by atoms with E-state index in [2.05, 4.69) is 70.6 Å². The molecule has 4 nitrogen and oxygen atoms in total. The zero-order valence-electron chi connectivity index (χ0n) is 24.7. The molecule has 8 aromatic rings. The Morgan fingerprint density at radius 2 is 1.30 bits per heavy atom. The van der Waals surface area contributed by atoms with Crippen LogP contribution in [0.15, 0.2) is 169 Å². The van der Waals surface area contributed by atoms with Gasteiger partial charge in [0.2, 0.25) is 0 Å². The van der Waals surface area contributed by atoms with Crippen molar-refractivity contribution in [3.05, 3.63) is 176 Å². The van der Waals surface area contributed by atoms with E-state index in [1.54, 1.807) is 12.4 Å². The molecule has 0 fully saturated rings. The fraction of sp³-hybridized carbons (Fsp3) is 0. The van der Waals surface area contributed by atoms with Gasteiger partial charge >= 0.3 is 0 Å². The van der Waals surface area contributed by atoms with Gasteiger partial charge in [-0.3, -0.25) is 4.98 Å². The summed E-state index contributed by atoms with van der Waals surface area (Å²) >= 11 is 0. The smallest absolute Gasteiger partial charge is 0.136 e. The molecule has 0 aliphatic rings. The maximum atomic E-state index is 6.05. The van der Waals surface area contributed by atoms with Crippen molar-refractivity contribution in [3.8, 4) is 56.1 Å². The third-order valence-electron chi connectivity index (χ3n) is 7.39. The van der Waals surface area contributed by atoms with Crippen LogP contribution in [0.4, 0.5) is 0 Å². The van der Waals surface area contributed by atoms with Gasteiger partial charge in [0, 0.05) is 55.8 Å². The summed E-state index contributed by atoms with van der Waals surface area (Å²) in [7, 11) is 0. The maximum absolute atomic E-state index is 6.05. The minimum atomic E-state index is 0. The van der Waals surface area contributed by atoms with E-state index in [1.165, 1.54) is 0 Å². The summed E-state index contributed by atoms with van der Waals surface area (Å²) in [5.74, 6) is 0.818. The van der Waals surface area contributed by atoms with E-state index in [1.807, 2.05) is 103 Å². The molecular weight excluding hydrogens is 743 g/mol. The van der Waals surface area contributed by atoms with Crippen LogP contribution in [0.1, 0.15) is 0 Å². The minimum Gasteiger partial charge on any atom is -0.456 e. The molecule has 4 heterocycles. The fourth-order valence-electron chi connectivity index (χ4n) is 5.20. The van der Waals surface area contributed by atoms with Gasteiger partial charge in [0.05, 0.1) is 0 Å². The van der Waals surface area contributed by atoms with Crippen LogP contribution >= 0.6 is 0 Å². The molecule has 0 saturated carbocycles. The van der Waals surface area contributed by atoms with E-state index in [0.717, 1.165) is 67.1 Å². The molecule has 46 heavy (non-hydrogen) atoms. The van der Waals surface area contributed by atoms with Crippen LogP contribution in [0.5, 0.6) is 0 Å². The van der Waals surface area contributed by atoms with E-state index in [0.29, 0.717) is 0 Å². The molecule has 8 rings (SSSR count). The Morgan fingerprint density at radius 3 is 2.11 bits per heavy atom. The number of hydrogen-bond donors (Lipinski definition) is 0. The summed E-state index contributed by atoms with van der Waals surface area (Å²) in [5.41, 5.74) is 10.2. The predicted octanol–water partition coefficient (Wildman–Crippen LogP) is 10.2. The van der Waals surface area contributed by atoms with E-state index < -0.39 is 0 Å². The third-order valence-corrected chi connectivity index (χ3v) is 7.39. The number of hydrogen-bond acceptors (Lipinski definition) is 4. The molecule has 0 amide bonds. The SMILES string of the molecule is [Ir].[c-]1ccc(-c2ccc3oc(-c4cccnc4)cc3c2)cc1-c1ncccc1-c1ccccc1.[c-]1ccccc1-c1ccccn1. The van der Waals surface area contributed by atoms with E-state index >= 15 is 0 Å². The van der Waals surface area contributed by atoms with Gasteiger partial charge in [-0.05, 0) is 70.5 Å². The molecule has 0 aliphatic heterocycles. The molecule has 0 unspecified atom stereocenters. The van der Waals surface area contributed by atoms with E-state index in [4.69, 9.17) is 9.40 Å². The van der Waals surface area contributed by atoms with Crippen molar-refractivity contribution >= 4 is 11.0 Å². The fourth-order valence-corrected chi connectivity index (χ4v) is 5.20. The van der Waals surface area contributed by atoms with Crippen LogP contribution in [0.3, 0.4) is 0 Å². The summed E-state index contributed by atoms with van der Waals surface area (Å²) in [6.07, 6.45) is 7.20. The zero-order chi connectivity index (χ0) is 30.3. The van der Waals surface area contributed by atoms with Gasteiger partial charge in [-0.15, -0.1) is 71.3 Å². The minimum absolute atomic E-state index is 0. The summed E-state index contributed by atoms with van der Waals surface area (Å²) in [6.45, 7) is 0. The van der Waals surface area contributed by atoms with Crippen molar-refractivity contribution in [2.24, 2.45) is 0 Å². The van der Waals surface area contributed by atoms with Crippen molar-refractivity contribution in [1.29, 1.82) is 0 Å². The van der Waals surface area contributed by atoms with Gasteiger partial charge in [0.25, 0.3) is 0 Å². The largest absolute Gasteiger partial charge is 0.456 e. The molecule has 1 radical (unpaired) electrons. The molecule has 0 aliphatic carbocycles. The normalized spacial score (nSPS) is 10.4. The Labute approximate surface area is 281 Å². The topological polar surface area (TPSA) is 51.8 Å². The standard InChI is InChI=1S/C30H19N2O.C11H8N.Ir/c1-2-7-21(8-3-1)27-12-6-16-32-30(27)24-10-4-9-22(17-24)23-13-14-28-26(18-23)19-29(33-28)25-11-5-15-31-20-25;1-2-6-10(7-3-1)11-8-4-5-9-12-11;/h1-9,11-20H;1-6,8-9H;/q2*-1;. The molecule has 4 aromatic heterocycles. The van der Waals surface area contributed by atoms with Crippen LogP contribution in [-0.2, 0) is 20.1 Å². The summed E-state index contributed by atoms with van der Waals surface area (Å²) in [6, 6.07) is 53.1. The predicted molar refractivity (Wildman–Crippen MR) is 181 cm³/mol. The van der Waals surface area contributed by atoms with Gasteiger partial charge < -0.3 is 14.4 Å². The first kappa shape index (κ1) is 30.5. The second kappa shape index (κ2) is 14.5. The number of benzene rings is 4. The van der Waals surface area contributed by atoms with Crippen LogP contribution in [0, 0.1) is 12.1 Å². The molecule has 0 N–H and O–H groups in total. The van der Waals surface area contributed by atoms with Gasteiger partial charge in [-0.1, -0.05) is 54.6 Å². The molecule has 4 aromatic carbocycles. The molecule has 223 valence electrons. The summed E-state index contributed by atoms with van der Waals surface area (Å²) in [4.78, 5) is 13.1. The number of furan rings is 1. The molecule has 0 saturated heterocycles. The van der Waals surface area contributed by atoms with Gasteiger partial charge in [-0.2, -0.15) is 0 Å². The average molecular weight is 770 g/mol. The Kier molecular flexibility index (Phi) is 9.65. The van der Waals surface area contributed by atoms with Crippen molar-refractivity contribution in [1.82, 2.24) is 15.0 Å². The Bertz CT molecular complexity index is 2110. The van der Waals surface area contributed by atoms with Gasteiger partial charge in [0.1, 0.15) is 11.3 Å². The van der Waals surface area contributed by atoms with Crippen molar-refractivity contribution in [2.75, 3.05) is 0 Å². The Hall–Kier alpha value is -5.48. The van der Waals surface area contributed by atoms with Crippen molar-refractivity contribution in [2.45, 2.75) is 0 Å². The first-order valence-electron chi connectivity index (χ1n) is 14.7. The van der Waals surface area contributed by atoms with Crippen LogP contribution in [-0.4, -0.2) is 15.0 Å². The summed E-state index contributed by atoms with van der Waals surface area (Å²) in [5, 5.41) is 1.06. The summed E-state index contributed by atoms with van der Waals surface area (Å²) < 4.78 is 6.05. The number of aromatic nitrogens is 3. The van der Waals surface area contributed by atoms with E-state index in [-0.39, 0.29) is 20.1 Å². The molecule has 0 spiro atoms. The number of fused-ring (bicyclic) bond motifs is 1. The number of rotatable bonds is 5. The Morgan fingerprint density at radius 1 is 0.522 bits per heavy atom. The number of nitrogens with zero attached hydrogens (tertiary/aromatic N) is 3. The maximum Gasteiger partial charge on any atom is 0.136 e. The van der Waals surface area contributed by atoms with Crippen LogP contribution in [0.2, 0.25) is 0 Å². The second-order valence-corrected chi connectivity index (χ2v) is 10.4. The quantitative estimate of drug-likeness (QED) is 0.164. The van der Waals surface area contributed by atoms with Gasteiger partial charge in [-0.25, -0.2) is 0 Å². The molecule has 0 atom stereocenters. The first-order chi connectivity index (χ1) is 22.3. The van der Waals surface area contributed by atoms with E-state index in [9.17, 15) is 0 Å². The third kappa shape index (κ3) is 6.92. The zero-order valence-corrected chi connectivity index (χ0v) is 27.1. The van der Waals surface area contributed by atoms with Gasteiger partial charge in [0.15, 0.2) is 0 Å². The second-order valence-electron chi connectivity index (χ2n) is 10.4. The molecule has 0 bridgehead atoms. The molecule has 5 heteroatoms. The van der Waals surface area contributed by atoms with Crippen LogP contribution < -0.4 is 0 Å². The number of pyridine rings is 3. The van der Waals surface area contributed by atoms with Crippen molar-refractivity contribution in [3.63, 3.8) is 0 Å². The molecular formula is C41H27IrN3O-2. The van der Waals surface area contributed by atoms with Crippen LogP contribution in [0.25, 0.3) is 67.1 Å².